The second-order valence-electron chi connectivity index (χ2n) is 4.68. The van der Waals surface area contributed by atoms with Crippen molar-refractivity contribution in [2.24, 2.45) is 17.6 Å². The highest BCUT2D eigenvalue weighted by Gasteiger charge is 2.22. The van der Waals surface area contributed by atoms with Gasteiger partial charge in [-0.1, -0.05) is 13.8 Å². The highest BCUT2D eigenvalue weighted by atomic mass is 16.4. The molecule has 1 unspecified atom stereocenters. The molecule has 0 aliphatic rings. The smallest absolute Gasteiger partial charge is 0.308 e. The fourth-order valence-electron chi connectivity index (χ4n) is 1.65. The molecule has 0 spiro atoms. The SMILES string of the molecule is CC(C)C(CNC(=O)c1cn(CCN)cn1)C(=O)O. The molecule has 0 fully saturated rings. The summed E-state index contributed by atoms with van der Waals surface area (Å²) < 4.78 is 1.71. The van der Waals surface area contributed by atoms with Gasteiger partial charge in [0.25, 0.3) is 5.91 Å². The fraction of sp³-hybridized carbons (Fsp3) is 0.583. The van der Waals surface area contributed by atoms with Crippen LogP contribution in [0.1, 0.15) is 24.3 Å². The minimum atomic E-state index is -0.913. The molecule has 106 valence electrons. The lowest BCUT2D eigenvalue weighted by Crippen LogP contribution is -2.35. The lowest BCUT2D eigenvalue weighted by Gasteiger charge is -2.16. The number of hydrogen-bond donors (Lipinski definition) is 3. The van der Waals surface area contributed by atoms with Gasteiger partial charge in [0.05, 0.1) is 12.2 Å². The van der Waals surface area contributed by atoms with Crippen molar-refractivity contribution in [1.82, 2.24) is 14.9 Å². The Labute approximate surface area is 111 Å². The lowest BCUT2D eigenvalue weighted by atomic mass is 9.96. The first kappa shape index (κ1) is 15.2. The molecule has 1 rings (SSSR count). The van der Waals surface area contributed by atoms with Crippen molar-refractivity contribution in [1.29, 1.82) is 0 Å². The van der Waals surface area contributed by atoms with Gasteiger partial charge in [-0.2, -0.15) is 0 Å². The summed E-state index contributed by atoms with van der Waals surface area (Å²) in [5.74, 6) is -1.94. The van der Waals surface area contributed by atoms with Crippen molar-refractivity contribution in [2.75, 3.05) is 13.1 Å². The van der Waals surface area contributed by atoms with Crippen LogP contribution in [0.25, 0.3) is 0 Å². The first-order valence-corrected chi connectivity index (χ1v) is 6.18. The third-order valence-electron chi connectivity index (χ3n) is 2.86. The van der Waals surface area contributed by atoms with Crippen LogP contribution in [-0.4, -0.2) is 39.6 Å². The van der Waals surface area contributed by atoms with E-state index in [0.29, 0.717) is 13.1 Å². The predicted molar refractivity (Wildman–Crippen MR) is 69.6 cm³/mol. The molecule has 1 heterocycles. The summed E-state index contributed by atoms with van der Waals surface area (Å²) in [6.45, 7) is 4.76. The molecule has 1 aromatic rings. The number of rotatable bonds is 7. The van der Waals surface area contributed by atoms with Crippen molar-refractivity contribution >= 4 is 11.9 Å². The van der Waals surface area contributed by atoms with Crippen molar-refractivity contribution < 1.29 is 14.7 Å². The second-order valence-corrected chi connectivity index (χ2v) is 4.68. The van der Waals surface area contributed by atoms with E-state index < -0.39 is 11.9 Å². The maximum Gasteiger partial charge on any atom is 0.308 e. The zero-order valence-electron chi connectivity index (χ0n) is 11.2. The third kappa shape index (κ3) is 4.36. The van der Waals surface area contributed by atoms with Crippen LogP contribution in [0.2, 0.25) is 0 Å². The Kier molecular flexibility index (Phi) is 5.50. The highest BCUT2D eigenvalue weighted by molar-refractivity contribution is 5.92. The van der Waals surface area contributed by atoms with Crippen LogP contribution in [-0.2, 0) is 11.3 Å². The number of hydrogen-bond acceptors (Lipinski definition) is 4. The second kappa shape index (κ2) is 6.89. The Morgan fingerprint density at radius 2 is 2.21 bits per heavy atom. The van der Waals surface area contributed by atoms with E-state index in [0.717, 1.165) is 0 Å². The molecule has 0 saturated heterocycles. The van der Waals surface area contributed by atoms with Gasteiger partial charge in [0.2, 0.25) is 0 Å². The number of carboxylic acid groups (broad SMARTS) is 1. The Bertz CT molecular complexity index is 442. The number of carbonyl (C=O) groups is 2. The van der Waals surface area contributed by atoms with Gasteiger partial charge in [-0.25, -0.2) is 4.98 Å². The van der Waals surface area contributed by atoms with E-state index >= 15 is 0 Å². The van der Waals surface area contributed by atoms with E-state index in [1.165, 1.54) is 6.33 Å². The first-order chi connectivity index (χ1) is 8.95. The molecule has 1 atom stereocenters. The Balaban J connectivity index is 2.56. The molecule has 19 heavy (non-hydrogen) atoms. The number of amides is 1. The monoisotopic (exact) mass is 268 g/mol. The van der Waals surface area contributed by atoms with Crippen LogP contribution >= 0.6 is 0 Å². The average molecular weight is 268 g/mol. The maximum absolute atomic E-state index is 11.8. The average Bonchev–Trinajstić information content (AvgIpc) is 2.77. The molecule has 0 aliphatic carbocycles. The molecular formula is C12H20N4O3. The summed E-state index contributed by atoms with van der Waals surface area (Å²) in [7, 11) is 0. The molecule has 0 saturated carbocycles. The molecule has 4 N–H and O–H groups in total. The van der Waals surface area contributed by atoms with Crippen LogP contribution in [0.15, 0.2) is 12.5 Å². The van der Waals surface area contributed by atoms with Crippen LogP contribution in [0.4, 0.5) is 0 Å². The van der Waals surface area contributed by atoms with Crippen molar-refractivity contribution in [3.63, 3.8) is 0 Å². The molecular weight excluding hydrogens is 248 g/mol. The first-order valence-electron chi connectivity index (χ1n) is 6.18. The van der Waals surface area contributed by atoms with E-state index in [1.807, 2.05) is 0 Å². The van der Waals surface area contributed by atoms with E-state index in [1.54, 1.807) is 24.6 Å². The third-order valence-corrected chi connectivity index (χ3v) is 2.86. The van der Waals surface area contributed by atoms with E-state index in [9.17, 15) is 9.59 Å². The number of aromatic nitrogens is 2. The van der Waals surface area contributed by atoms with Gasteiger partial charge in [-0.05, 0) is 5.92 Å². The largest absolute Gasteiger partial charge is 0.481 e. The minimum Gasteiger partial charge on any atom is -0.481 e. The summed E-state index contributed by atoms with van der Waals surface area (Å²) in [6, 6.07) is 0. The fourth-order valence-corrected chi connectivity index (χ4v) is 1.65. The number of nitrogens with zero attached hydrogens (tertiary/aromatic N) is 2. The van der Waals surface area contributed by atoms with Crippen LogP contribution in [0.5, 0.6) is 0 Å². The van der Waals surface area contributed by atoms with Crippen molar-refractivity contribution in [3.8, 4) is 0 Å². The van der Waals surface area contributed by atoms with Gasteiger partial charge in [0.15, 0.2) is 0 Å². The number of carbonyl (C=O) groups excluding carboxylic acids is 1. The van der Waals surface area contributed by atoms with Gasteiger partial charge in [-0.3, -0.25) is 9.59 Å². The summed E-state index contributed by atoms with van der Waals surface area (Å²) in [5, 5.41) is 11.6. The van der Waals surface area contributed by atoms with E-state index in [4.69, 9.17) is 10.8 Å². The normalized spacial score (nSPS) is 12.4. The standard InChI is InChI=1S/C12H20N4O3/c1-8(2)9(12(18)19)5-14-11(17)10-6-16(4-3-13)7-15-10/h6-9H,3-5,13H2,1-2H3,(H,14,17)(H,18,19). The minimum absolute atomic E-state index is 0.0485. The van der Waals surface area contributed by atoms with Gasteiger partial charge in [-0.15, -0.1) is 0 Å². The van der Waals surface area contributed by atoms with Crippen molar-refractivity contribution in [2.45, 2.75) is 20.4 Å². The Morgan fingerprint density at radius 1 is 1.53 bits per heavy atom. The topological polar surface area (TPSA) is 110 Å². The quantitative estimate of drug-likeness (QED) is 0.641. The molecule has 7 heteroatoms. The van der Waals surface area contributed by atoms with Gasteiger partial charge in [0, 0.05) is 25.8 Å². The Morgan fingerprint density at radius 3 is 2.74 bits per heavy atom. The molecule has 1 amide bonds. The number of imidazole rings is 1. The van der Waals surface area contributed by atoms with Crippen LogP contribution in [0, 0.1) is 11.8 Å². The van der Waals surface area contributed by atoms with E-state index in [-0.39, 0.29) is 24.1 Å². The summed E-state index contributed by atoms with van der Waals surface area (Å²) >= 11 is 0. The predicted octanol–water partition coefficient (Wildman–Crippen LogP) is -0.0716. The number of nitrogens with two attached hydrogens (primary N) is 1. The van der Waals surface area contributed by atoms with Gasteiger partial charge in [0.1, 0.15) is 5.69 Å². The summed E-state index contributed by atoms with van der Waals surface area (Å²) in [4.78, 5) is 26.7. The molecule has 0 radical (unpaired) electrons. The van der Waals surface area contributed by atoms with E-state index in [2.05, 4.69) is 10.3 Å². The lowest BCUT2D eigenvalue weighted by molar-refractivity contribution is -0.142. The van der Waals surface area contributed by atoms with Crippen molar-refractivity contribution in [3.05, 3.63) is 18.2 Å². The maximum atomic E-state index is 11.8. The highest BCUT2D eigenvalue weighted by Crippen LogP contribution is 2.10. The molecule has 1 aromatic heterocycles. The molecule has 0 aliphatic heterocycles. The number of aliphatic carboxylic acids is 1. The Hall–Kier alpha value is -1.89. The van der Waals surface area contributed by atoms with Crippen LogP contribution in [0.3, 0.4) is 0 Å². The zero-order valence-corrected chi connectivity index (χ0v) is 11.2. The zero-order chi connectivity index (χ0) is 14.4. The number of carboxylic acids is 1. The molecule has 7 nitrogen and oxygen atoms in total. The van der Waals surface area contributed by atoms with Gasteiger partial charge >= 0.3 is 5.97 Å². The summed E-state index contributed by atoms with van der Waals surface area (Å²) in [6.07, 6.45) is 3.12. The number of nitrogens with one attached hydrogen (secondary N) is 1. The van der Waals surface area contributed by atoms with Gasteiger partial charge < -0.3 is 20.7 Å². The van der Waals surface area contributed by atoms with Crippen LogP contribution < -0.4 is 11.1 Å². The summed E-state index contributed by atoms with van der Waals surface area (Å²) in [5.41, 5.74) is 5.66. The molecule has 0 aromatic carbocycles. The molecule has 0 bridgehead atoms.